The smallest absolute Gasteiger partial charge is 0.296 e. The zero-order chi connectivity index (χ0) is 18.9. The maximum absolute atomic E-state index is 11.9. The number of rotatable bonds is 11. The molecule has 2 N–H and O–H groups in total. The van der Waals surface area contributed by atoms with Crippen molar-refractivity contribution in [2.24, 2.45) is 0 Å². The summed E-state index contributed by atoms with van der Waals surface area (Å²) >= 11 is 0. The van der Waals surface area contributed by atoms with Crippen molar-refractivity contribution in [3.63, 3.8) is 0 Å². The van der Waals surface area contributed by atoms with Crippen LogP contribution in [0.5, 0.6) is 0 Å². The molecular formula is C16H20O6S4. The van der Waals surface area contributed by atoms with Crippen molar-refractivity contribution in [2.75, 3.05) is 24.7 Å². The lowest BCUT2D eigenvalue weighted by Gasteiger charge is -2.26. The van der Waals surface area contributed by atoms with Crippen LogP contribution >= 0.6 is 32.5 Å². The van der Waals surface area contributed by atoms with Crippen LogP contribution in [-0.4, -0.2) is 42.2 Å². The number of hydrogen-bond donors (Lipinski definition) is 2. The fourth-order valence-electron chi connectivity index (χ4n) is 1.80. The van der Waals surface area contributed by atoms with Gasteiger partial charge in [0, 0.05) is 11.5 Å². The SMILES string of the molecule is O=S(=O)(OCCSSCCOS(O)(O)c1ccccc1)c1ccccc1. The predicted molar refractivity (Wildman–Crippen MR) is 108 cm³/mol. The molecule has 0 amide bonds. The van der Waals surface area contributed by atoms with Gasteiger partial charge in [-0.1, -0.05) is 58.0 Å². The van der Waals surface area contributed by atoms with E-state index >= 15 is 0 Å². The third-order valence-electron chi connectivity index (χ3n) is 2.98. The molecule has 0 heterocycles. The third-order valence-corrected chi connectivity index (χ3v) is 8.03. The molecule has 10 heteroatoms. The summed E-state index contributed by atoms with van der Waals surface area (Å²) in [5.74, 6) is 1.00. The van der Waals surface area contributed by atoms with Gasteiger partial charge >= 0.3 is 0 Å². The number of hydrogen-bond acceptors (Lipinski definition) is 8. The molecule has 144 valence electrons. The molecule has 0 fully saturated rings. The van der Waals surface area contributed by atoms with Crippen molar-refractivity contribution in [3.05, 3.63) is 60.7 Å². The Balaban J connectivity index is 1.59. The maximum atomic E-state index is 11.9. The van der Waals surface area contributed by atoms with Gasteiger partial charge in [-0.2, -0.15) is 8.42 Å². The molecule has 0 aliphatic rings. The molecule has 0 aliphatic carbocycles. The van der Waals surface area contributed by atoms with Crippen LogP contribution in [-0.2, 0) is 18.5 Å². The van der Waals surface area contributed by atoms with Crippen molar-refractivity contribution < 1.29 is 25.9 Å². The minimum Gasteiger partial charge on any atom is -0.304 e. The highest BCUT2D eigenvalue weighted by Crippen LogP contribution is 2.48. The molecule has 0 saturated carbocycles. The molecule has 2 aromatic carbocycles. The lowest BCUT2D eigenvalue weighted by Crippen LogP contribution is -2.08. The Morgan fingerprint density at radius 1 is 0.731 bits per heavy atom. The van der Waals surface area contributed by atoms with Crippen LogP contribution in [0.25, 0.3) is 0 Å². The molecule has 0 bridgehead atoms. The topological polar surface area (TPSA) is 93.1 Å². The highest BCUT2D eigenvalue weighted by Gasteiger charge is 2.20. The van der Waals surface area contributed by atoms with Crippen molar-refractivity contribution in [2.45, 2.75) is 9.79 Å². The van der Waals surface area contributed by atoms with E-state index in [2.05, 4.69) is 0 Å². The van der Waals surface area contributed by atoms with Gasteiger partial charge in [0.25, 0.3) is 10.1 Å². The van der Waals surface area contributed by atoms with Crippen molar-refractivity contribution in [1.29, 1.82) is 0 Å². The highest BCUT2D eigenvalue weighted by atomic mass is 33.1. The summed E-state index contributed by atoms with van der Waals surface area (Å²) in [7, 11) is -4.08. The van der Waals surface area contributed by atoms with E-state index in [1.807, 2.05) is 0 Å². The summed E-state index contributed by atoms with van der Waals surface area (Å²) in [6, 6.07) is 16.4. The first kappa shape index (κ1) is 21.6. The summed E-state index contributed by atoms with van der Waals surface area (Å²) in [4.78, 5) is 0.481. The zero-order valence-electron chi connectivity index (χ0n) is 13.8. The quantitative estimate of drug-likeness (QED) is 0.302. The Labute approximate surface area is 163 Å². The van der Waals surface area contributed by atoms with E-state index in [4.69, 9.17) is 8.37 Å². The van der Waals surface area contributed by atoms with Crippen LogP contribution in [0.4, 0.5) is 0 Å². The van der Waals surface area contributed by atoms with Gasteiger partial charge < -0.3 is 9.11 Å². The first-order valence-electron chi connectivity index (χ1n) is 7.58. The van der Waals surface area contributed by atoms with Crippen molar-refractivity contribution >= 4 is 42.6 Å². The summed E-state index contributed by atoms with van der Waals surface area (Å²) in [5.41, 5.74) is 0. The molecule has 0 radical (unpaired) electrons. The van der Waals surface area contributed by atoms with Crippen LogP contribution in [0.1, 0.15) is 0 Å². The van der Waals surface area contributed by atoms with Gasteiger partial charge in [-0.25, -0.2) is 0 Å². The molecule has 2 aromatic rings. The van der Waals surface area contributed by atoms with E-state index in [0.717, 1.165) is 0 Å². The van der Waals surface area contributed by atoms with Crippen molar-refractivity contribution in [1.82, 2.24) is 0 Å². The Hall–Kier alpha value is -0.720. The molecule has 0 aliphatic heterocycles. The van der Waals surface area contributed by atoms with Gasteiger partial charge in [-0.3, -0.25) is 8.37 Å². The Morgan fingerprint density at radius 2 is 1.19 bits per heavy atom. The average Bonchev–Trinajstić information content (AvgIpc) is 2.65. The second-order valence-electron chi connectivity index (χ2n) is 4.86. The molecule has 2 rings (SSSR count). The van der Waals surface area contributed by atoms with E-state index in [1.165, 1.54) is 33.7 Å². The normalized spacial score (nSPS) is 12.8. The third kappa shape index (κ3) is 7.12. The van der Waals surface area contributed by atoms with E-state index in [-0.39, 0.29) is 18.1 Å². The molecule has 0 aromatic heterocycles. The summed E-state index contributed by atoms with van der Waals surface area (Å²) in [6.45, 7) is 0.229. The second-order valence-corrected chi connectivity index (χ2v) is 10.9. The van der Waals surface area contributed by atoms with E-state index < -0.39 is 21.0 Å². The average molecular weight is 437 g/mol. The molecule has 6 nitrogen and oxygen atoms in total. The second kappa shape index (κ2) is 10.6. The molecular weight excluding hydrogens is 416 g/mol. The predicted octanol–water partition coefficient (Wildman–Crippen LogP) is 4.51. The van der Waals surface area contributed by atoms with E-state index in [1.54, 1.807) is 48.5 Å². The summed E-state index contributed by atoms with van der Waals surface area (Å²) < 4.78 is 53.8. The monoisotopic (exact) mass is 436 g/mol. The van der Waals surface area contributed by atoms with Gasteiger partial charge in [0.2, 0.25) is 0 Å². The van der Waals surface area contributed by atoms with Crippen LogP contribution in [0, 0.1) is 0 Å². The minimum absolute atomic E-state index is 0.0644. The fourth-order valence-corrected chi connectivity index (χ4v) is 5.56. The number of benzene rings is 2. The van der Waals surface area contributed by atoms with Crippen molar-refractivity contribution in [3.8, 4) is 0 Å². The lowest BCUT2D eigenvalue weighted by molar-refractivity contribution is 0.279. The van der Waals surface area contributed by atoms with Gasteiger partial charge in [0.15, 0.2) is 0 Å². The Kier molecular flexibility index (Phi) is 8.77. The Morgan fingerprint density at radius 3 is 1.73 bits per heavy atom. The standard InChI is InChI=1S/C16H20O6S4/c17-25(18,15-7-3-1-4-8-15)21-11-13-23-24-14-12-22-26(19,20)16-9-5-2-6-10-16/h1-10,17-18H,11-14H2. The maximum Gasteiger partial charge on any atom is 0.296 e. The van der Waals surface area contributed by atoms with E-state index in [9.17, 15) is 17.5 Å². The molecule has 0 unspecified atom stereocenters. The first-order valence-corrected chi connectivity index (χ1v) is 13.0. The van der Waals surface area contributed by atoms with Gasteiger partial charge in [0.05, 0.1) is 23.0 Å². The molecule has 26 heavy (non-hydrogen) atoms. The van der Waals surface area contributed by atoms with E-state index in [0.29, 0.717) is 16.4 Å². The fraction of sp³-hybridized carbons (Fsp3) is 0.250. The lowest BCUT2D eigenvalue weighted by atomic mass is 10.4. The first-order chi connectivity index (χ1) is 12.4. The van der Waals surface area contributed by atoms with Crippen LogP contribution in [0.2, 0.25) is 0 Å². The molecule has 0 spiro atoms. The molecule has 0 saturated heterocycles. The van der Waals surface area contributed by atoms with Gasteiger partial charge in [-0.15, -0.1) is 0 Å². The van der Waals surface area contributed by atoms with Crippen LogP contribution < -0.4 is 0 Å². The Bertz CT molecular complexity index is 753. The van der Waals surface area contributed by atoms with Crippen LogP contribution in [0.15, 0.2) is 70.5 Å². The van der Waals surface area contributed by atoms with Gasteiger partial charge in [0.1, 0.15) is 10.9 Å². The minimum atomic E-state index is -3.72. The van der Waals surface area contributed by atoms with Gasteiger partial charge in [-0.05, 0) is 24.3 Å². The molecule has 0 atom stereocenters. The largest absolute Gasteiger partial charge is 0.304 e. The summed E-state index contributed by atoms with van der Waals surface area (Å²) in [5, 5.41) is 0. The zero-order valence-corrected chi connectivity index (χ0v) is 17.0. The summed E-state index contributed by atoms with van der Waals surface area (Å²) in [6.07, 6.45) is 0. The highest BCUT2D eigenvalue weighted by molar-refractivity contribution is 8.76. The van der Waals surface area contributed by atoms with Crippen LogP contribution in [0.3, 0.4) is 0 Å².